The highest BCUT2D eigenvalue weighted by molar-refractivity contribution is 5.52. The Hall–Kier alpha value is -17.7. The van der Waals surface area contributed by atoms with Gasteiger partial charge in [-0.15, -0.1) is 0 Å². The zero-order valence-electron chi connectivity index (χ0n) is 86.7. The van der Waals surface area contributed by atoms with Gasteiger partial charge in [-0.25, -0.2) is 0 Å². The smallest absolute Gasteiger partial charge is 0.123 e. The molecule has 0 radical (unpaired) electrons. The Morgan fingerprint density at radius 2 is 0.153 bits per heavy atom. The van der Waals surface area contributed by atoms with E-state index in [-0.39, 0.29) is 92.5 Å². The van der Waals surface area contributed by atoms with E-state index in [1.807, 2.05) is 231 Å². The van der Waals surface area contributed by atoms with E-state index in [2.05, 4.69) is 0 Å². The number of hydrogen-bond acceptors (Lipinski definition) is 30. The molecule has 0 unspecified atom stereocenters. The van der Waals surface area contributed by atoms with Crippen molar-refractivity contribution in [1.82, 2.24) is 0 Å². The van der Waals surface area contributed by atoms with Crippen molar-refractivity contribution in [3.05, 3.63) is 357 Å². The standard InChI is InChI=1S/C120H122O30/c1-121-93-21-77(22-94(49-93)122-2)65-139-113-41-87(42-114(59-113)140-66-78-23-95(123-3)50-96(24-78)124-4)73-147-109-37-85(38-110(57-109)148-74-88-43-115(141-67-79-25-97(125-5)51-98(26-79)126-6)60-116(44-88)142-68-80-27-99(127-7)52-100(28-80)128-8)63-137-91-17-19-92(20-18-91)138-64-86-39-111(149-75-89-45-117(143-69-81-29-101(129-9)53-102(30-81)130-10)61-118(46-89)144-70-82-31-103(131-11)54-104(32-82)132-12)58-112(40-86)150-76-90-47-119(145-71-83-33-105(133-13)55-106(34-83)134-14)62-120(48-90)146-72-84-35-107(135-15)56-108(36-84)136-16/h17-62H,63-76H2,1-16H3. The van der Waals surface area contributed by atoms with Crippen LogP contribution in [0.2, 0.25) is 0 Å². The van der Waals surface area contributed by atoms with Crippen molar-refractivity contribution < 1.29 is 142 Å². The van der Waals surface area contributed by atoms with Gasteiger partial charge < -0.3 is 142 Å². The van der Waals surface area contributed by atoms with E-state index in [0.717, 1.165) is 66.8 Å². The molecule has 0 aliphatic heterocycles. The van der Waals surface area contributed by atoms with Gasteiger partial charge in [0.1, 0.15) is 265 Å². The van der Waals surface area contributed by atoms with Crippen LogP contribution in [0.15, 0.2) is 279 Å². The maximum Gasteiger partial charge on any atom is 0.123 e. The summed E-state index contributed by atoms with van der Waals surface area (Å²) >= 11 is 0. The average Bonchev–Trinajstić information content (AvgIpc) is 0.852. The second kappa shape index (κ2) is 53.4. The third kappa shape index (κ3) is 31.7. The van der Waals surface area contributed by atoms with E-state index in [0.29, 0.717) is 184 Å². The Labute approximate surface area is 873 Å². The van der Waals surface area contributed by atoms with Gasteiger partial charge in [0.25, 0.3) is 0 Å². The van der Waals surface area contributed by atoms with Gasteiger partial charge >= 0.3 is 0 Å². The molecule has 0 heterocycles. The fraction of sp³-hybridized carbons (Fsp3) is 0.250. The average molecular weight is 2040 g/mol. The number of methoxy groups -OCH3 is 16. The van der Waals surface area contributed by atoms with Crippen LogP contribution in [0.1, 0.15) is 77.9 Å². The molecule has 15 aromatic rings. The number of benzene rings is 15. The summed E-state index contributed by atoms with van der Waals surface area (Å²) < 4.78 is 183. The molecule has 0 atom stereocenters. The Bertz CT molecular complexity index is 5710. The van der Waals surface area contributed by atoms with E-state index in [1.165, 1.54) is 0 Å². The quantitative estimate of drug-likeness (QED) is 0.0342. The third-order valence-electron chi connectivity index (χ3n) is 23.4. The normalized spacial score (nSPS) is 10.8. The number of ether oxygens (including phenoxy) is 30. The summed E-state index contributed by atoms with van der Waals surface area (Å²) in [5.74, 6) is 16.7. The Morgan fingerprint density at radius 3 is 0.233 bits per heavy atom. The van der Waals surface area contributed by atoms with Gasteiger partial charge in [-0.1, -0.05) is 0 Å². The van der Waals surface area contributed by atoms with Gasteiger partial charge in [-0.05, 0) is 272 Å². The predicted molar refractivity (Wildman–Crippen MR) is 562 cm³/mol. The van der Waals surface area contributed by atoms with Crippen molar-refractivity contribution in [2.45, 2.75) is 92.5 Å². The molecule has 30 nitrogen and oxygen atoms in total. The predicted octanol–water partition coefficient (Wildman–Crippen LogP) is 23.9. The second-order valence-corrected chi connectivity index (χ2v) is 34.2. The highest BCUT2D eigenvalue weighted by atomic mass is 16.6. The van der Waals surface area contributed by atoms with E-state index < -0.39 is 0 Å². The molecule has 0 aromatic heterocycles. The molecule has 782 valence electrons. The van der Waals surface area contributed by atoms with Crippen LogP contribution in [0.5, 0.6) is 172 Å². The summed E-state index contributed by atoms with van der Waals surface area (Å²) in [7, 11) is 25.6. The molecule has 0 fully saturated rings. The molecule has 0 aliphatic rings. The first kappa shape index (κ1) is 107. The van der Waals surface area contributed by atoms with Gasteiger partial charge in [0.2, 0.25) is 0 Å². The molecule has 0 saturated carbocycles. The van der Waals surface area contributed by atoms with Crippen molar-refractivity contribution >= 4 is 0 Å². The lowest BCUT2D eigenvalue weighted by Gasteiger charge is -2.17. The van der Waals surface area contributed by atoms with Crippen LogP contribution in [0.4, 0.5) is 0 Å². The highest BCUT2D eigenvalue weighted by Crippen LogP contribution is 2.40. The maximum absolute atomic E-state index is 6.83. The summed E-state index contributed by atoms with van der Waals surface area (Å²) in [5, 5.41) is 0. The van der Waals surface area contributed by atoms with E-state index >= 15 is 0 Å². The van der Waals surface area contributed by atoms with Crippen LogP contribution in [0.3, 0.4) is 0 Å². The minimum absolute atomic E-state index is 0.0485. The second-order valence-electron chi connectivity index (χ2n) is 34.2. The molecular weight excluding hydrogens is 1920 g/mol. The fourth-order valence-corrected chi connectivity index (χ4v) is 15.8. The number of hydrogen-bond donors (Lipinski definition) is 0. The van der Waals surface area contributed by atoms with Gasteiger partial charge in [0.05, 0.1) is 114 Å². The van der Waals surface area contributed by atoms with Gasteiger partial charge in [0, 0.05) is 84.9 Å². The van der Waals surface area contributed by atoms with Crippen molar-refractivity contribution in [3.8, 4) is 172 Å². The molecular formula is C120H122O30. The molecule has 15 aromatic carbocycles. The lowest BCUT2D eigenvalue weighted by atomic mass is 10.1. The summed E-state index contributed by atoms with van der Waals surface area (Å²) in [6, 6.07) is 85.7. The Balaban J connectivity index is 0.721. The van der Waals surface area contributed by atoms with Crippen molar-refractivity contribution in [1.29, 1.82) is 0 Å². The van der Waals surface area contributed by atoms with Crippen LogP contribution in [-0.2, 0) is 92.5 Å². The summed E-state index contributed by atoms with van der Waals surface area (Å²) in [6.45, 7) is 1.64. The molecule has 0 N–H and O–H groups in total. The van der Waals surface area contributed by atoms with Crippen LogP contribution < -0.4 is 142 Å². The van der Waals surface area contributed by atoms with E-state index in [4.69, 9.17) is 142 Å². The lowest BCUT2D eigenvalue weighted by molar-refractivity contribution is 0.271. The summed E-state index contributed by atoms with van der Waals surface area (Å²) in [5.41, 5.74) is 10.8. The Kier molecular flexibility index (Phi) is 37.9. The first-order chi connectivity index (χ1) is 73.2. The monoisotopic (exact) mass is 2040 g/mol. The van der Waals surface area contributed by atoms with Crippen LogP contribution >= 0.6 is 0 Å². The molecule has 0 spiro atoms. The van der Waals surface area contributed by atoms with Crippen LogP contribution in [-0.4, -0.2) is 114 Å². The minimum atomic E-state index is 0.0485. The zero-order chi connectivity index (χ0) is 105. The first-order valence-corrected chi connectivity index (χ1v) is 47.7. The van der Waals surface area contributed by atoms with E-state index in [9.17, 15) is 0 Å². The lowest BCUT2D eigenvalue weighted by Crippen LogP contribution is -2.04. The third-order valence-corrected chi connectivity index (χ3v) is 23.4. The molecule has 0 saturated heterocycles. The van der Waals surface area contributed by atoms with Crippen molar-refractivity contribution in [3.63, 3.8) is 0 Å². The molecule has 0 aliphatic carbocycles. The van der Waals surface area contributed by atoms with Crippen molar-refractivity contribution in [2.75, 3.05) is 114 Å². The largest absolute Gasteiger partial charge is 0.497 e. The number of rotatable bonds is 58. The Morgan fingerprint density at radius 1 is 0.0867 bits per heavy atom. The van der Waals surface area contributed by atoms with Gasteiger partial charge in [0.15, 0.2) is 0 Å². The van der Waals surface area contributed by atoms with Crippen LogP contribution in [0, 0.1) is 0 Å². The summed E-state index contributed by atoms with van der Waals surface area (Å²) in [4.78, 5) is 0. The van der Waals surface area contributed by atoms with Crippen LogP contribution in [0.25, 0.3) is 0 Å². The molecule has 15 rings (SSSR count). The first-order valence-electron chi connectivity index (χ1n) is 47.7. The molecule has 30 heteroatoms. The topological polar surface area (TPSA) is 277 Å². The molecule has 0 amide bonds. The SMILES string of the molecule is COc1cc(COc2cc(COc3cc(COc4ccc(OCc5cc(OCc6cc(OCc7cc(OC)cc(OC)c7)cc(OCc7cc(OC)cc(OC)c7)c6)cc(OCc6cc(OCc7cc(OC)cc(OC)c7)cc(OCc7cc(OC)cc(OC)c7)c6)c5)cc4)cc(OCc4cc(OCc5cc(OC)cc(OC)c5)cc(OCc5cc(OC)cc(OC)c5)c4)c3)cc(OCc3cc(OC)cc(OC)c3)c2)cc(OC)c1. The van der Waals surface area contributed by atoms with Gasteiger partial charge in [-0.2, -0.15) is 0 Å². The summed E-state index contributed by atoms with van der Waals surface area (Å²) in [6.07, 6.45) is 0. The molecule has 0 bridgehead atoms. The zero-order valence-corrected chi connectivity index (χ0v) is 86.7. The highest BCUT2D eigenvalue weighted by Gasteiger charge is 2.21. The minimum Gasteiger partial charge on any atom is -0.497 e. The van der Waals surface area contributed by atoms with Gasteiger partial charge in [-0.3, -0.25) is 0 Å². The van der Waals surface area contributed by atoms with Crippen molar-refractivity contribution in [2.24, 2.45) is 0 Å². The molecule has 150 heavy (non-hydrogen) atoms. The van der Waals surface area contributed by atoms with E-state index in [1.54, 1.807) is 162 Å². The fourth-order valence-electron chi connectivity index (χ4n) is 15.8. The maximum atomic E-state index is 6.83.